The van der Waals surface area contributed by atoms with Crippen molar-refractivity contribution in [1.82, 2.24) is 9.62 Å². The molecule has 1 aliphatic heterocycles. The predicted octanol–water partition coefficient (Wildman–Crippen LogP) is 1.65. The van der Waals surface area contributed by atoms with Crippen LogP contribution >= 0.6 is 11.6 Å². The van der Waals surface area contributed by atoms with Crippen LogP contribution in [0.25, 0.3) is 0 Å². The van der Waals surface area contributed by atoms with Gasteiger partial charge < -0.3 is 0 Å². The van der Waals surface area contributed by atoms with Crippen molar-refractivity contribution in [1.29, 1.82) is 0 Å². The minimum atomic E-state index is -3.88. The van der Waals surface area contributed by atoms with Crippen LogP contribution in [0.15, 0.2) is 28.0 Å². The lowest BCUT2D eigenvalue weighted by Crippen LogP contribution is -2.37. The maximum Gasteiger partial charge on any atom is 0.242 e. The van der Waals surface area contributed by atoms with Gasteiger partial charge in [-0.15, -0.1) is 0 Å². The van der Waals surface area contributed by atoms with Gasteiger partial charge >= 0.3 is 0 Å². The molecule has 1 aromatic rings. The molecule has 0 unspecified atom stereocenters. The average molecular weight is 393 g/mol. The second kappa shape index (κ2) is 6.25. The van der Waals surface area contributed by atoms with Crippen LogP contribution in [0.5, 0.6) is 0 Å². The Kier molecular flexibility index (Phi) is 4.72. The Hall–Kier alpha value is -0.670. The van der Waals surface area contributed by atoms with Crippen molar-refractivity contribution in [2.24, 2.45) is 0 Å². The van der Waals surface area contributed by atoms with E-state index < -0.39 is 19.9 Å². The van der Waals surface area contributed by atoms with E-state index in [1.807, 2.05) is 0 Å². The molecule has 3 rings (SSSR count). The molecule has 1 aliphatic carbocycles. The maximum absolute atomic E-state index is 12.7. The summed E-state index contributed by atoms with van der Waals surface area (Å²) in [6.45, 7) is 2.78. The molecule has 1 N–H and O–H groups in total. The molecule has 1 heterocycles. The Morgan fingerprint density at radius 2 is 1.88 bits per heavy atom. The van der Waals surface area contributed by atoms with Crippen molar-refractivity contribution in [2.45, 2.75) is 54.1 Å². The molecule has 6 nitrogen and oxygen atoms in total. The number of likely N-dealkylation sites (tertiary alicyclic amines) is 1. The smallest absolute Gasteiger partial charge is 0.242 e. The summed E-state index contributed by atoms with van der Waals surface area (Å²) in [5.74, 6) is 0. The van der Waals surface area contributed by atoms with Crippen molar-refractivity contribution >= 4 is 31.5 Å². The first-order chi connectivity index (χ1) is 11.1. The molecule has 0 aromatic heterocycles. The fraction of sp³-hybridized carbons (Fsp3) is 0.600. The Morgan fingerprint density at radius 3 is 2.46 bits per heavy atom. The molecule has 2 aliphatic rings. The first-order valence-corrected chi connectivity index (χ1v) is 11.6. The Labute approximate surface area is 148 Å². The van der Waals surface area contributed by atoms with Crippen molar-refractivity contribution in [3.63, 3.8) is 0 Å². The van der Waals surface area contributed by atoms with E-state index in [0.717, 1.165) is 18.7 Å². The van der Waals surface area contributed by atoms with Gasteiger partial charge in [-0.05, 0) is 44.4 Å². The van der Waals surface area contributed by atoms with Gasteiger partial charge in [-0.2, -0.15) is 0 Å². The van der Waals surface area contributed by atoms with Crippen molar-refractivity contribution in [2.75, 3.05) is 12.8 Å². The molecule has 1 saturated carbocycles. The van der Waals surface area contributed by atoms with Crippen molar-refractivity contribution in [3.8, 4) is 0 Å². The van der Waals surface area contributed by atoms with E-state index >= 15 is 0 Å². The van der Waals surface area contributed by atoms with E-state index in [1.54, 1.807) is 0 Å². The van der Waals surface area contributed by atoms with Gasteiger partial charge in [0.1, 0.15) is 4.90 Å². The van der Waals surface area contributed by atoms with Crippen LogP contribution in [-0.4, -0.2) is 52.7 Å². The number of nitrogens with one attached hydrogen (secondary N) is 1. The highest BCUT2D eigenvalue weighted by molar-refractivity contribution is 7.91. The van der Waals surface area contributed by atoms with Crippen LogP contribution < -0.4 is 4.72 Å². The topological polar surface area (TPSA) is 83.5 Å². The molecule has 134 valence electrons. The fourth-order valence-corrected chi connectivity index (χ4v) is 5.75. The van der Waals surface area contributed by atoms with E-state index in [4.69, 9.17) is 11.6 Å². The van der Waals surface area contributed by atoms with E-state index in [-0.39, 0.29) is 20.9 Å². The number of halogens is 1. The fourth-order valence-electron chi connectivity index (χ4n) is 3.26. The van der Waals surface area contributed by atoms with E-state index in [2.05, 4.69) is 16.5 Å². The molecule has 9 heteroatoms. The van der Waals surface area contributed by atoms with Gasteiger partial charge in [-0.1, -0.05) is 11.6 Å². The van der Waals surface area contributed by atoms with Crippen LogP contribution in [0.1, 0.15) is 26.2 Å². The second-order valence-electron chi connectivity index (χ2n) is 6.70. The molecular weight excluding hydrogens is 372 g/mol. The number of hydrogen-bond donors (Lipinski definition) is 1. The summed E-state index contributed by atoms with van der Waals surface area (Å²) in [5.41, 5.74) is 0. The van der Waals surface area contributed by atoms with E-state index in [1.165, 1.54) is 25.0 Å². The monoisotopic (exact) mass is 392 g/mol. The highest BCUT2D eigenvalue weighted by Crippen LogP contribution is 2.34. The molecule has 0 spiro atoms. The number of sulfone groups is 1. The highest BCUT2D eigenvalue weighted by Gasteiger charge is 2.40. The number of hydrogen-bond acceptors (Lipinski definition) is 5. The maximum atomic E-state index is 12.7. The molecule has 2 atom stereocenters. The van der Waals surface area contributed by atoms with Crippen LogP contribution in [0.4, 0.5) is 0 Å². The van der Waals surface area contributed by atoms with Gasteiger partial charge in [0, 0.05) is 30.9 Å². The summed E-state index contributed by atoms with van der Waals surface area (Å²) in [6.07, 6.45) is 4.11. The molecule has 0 bridgehead atoms. The number of nitrogens with zero attached hydrogens (tertiary/aromatic N) is 1. The van der Waals surface area contributed by atoms with Crippen LogP contribution in [0.2, 0.25) is 5.02 Å². The molecule has 0 amide bonds. The van der Waals surface area contributed by atoms with Crippen LogP contribution in [0.3, 0.4) is 0 Å². The lowest BCUT2D eigenvalue weighted by atomic mass is 10.2. The number of benzene rings is 1. The molecular formula is C15H21ClN2O4S2. The summed E-state index contributed by atoms with van der Waals surface area (Å²) >= 11 is 6.01. The quantitative estimate of drug-likeness (QED) is 0.823. The molecule has 1 aromatic carbocycles. The molecule has 24 heavy (non-hydrogen) atoms. The van der Waals surface area contributed by atoms with Crippen molar-refractivity contribution < 1.29 is 16.8 Å². The average Bonchev–Trinajstić information content (AvgIpc) is 3.22. The third-order valence-corrected chi connectivity index (χ3v) is 7.69. The Balaban J connectivity index is 1.83. The SMILES string of the molecule is C[C@H]1C[C@H](NS(=O)(=O)c2cc(S(C)(=O)=O)ccc2Cl)CN1C1CC1. The summed E-state index contributed by atoms with van der Waals surface area (Å²) in [6, 6.07) is 4.46. The standard InChI is InChI=1S/C15H21ClN2O4S2/c1-10-7-11(9-18(10)12-3-4-12)17-24(21,22)15-8-13(23(2,19)20)5-6-14(15)16/h5-6,8,10-12,17H,3-4,7,9H2,1-2H3/t10-,11-/m0/s1. The normalized spacial score (nSPS) is 26.0. The zero-order valence-corrected chi connectivity index (χ0v) is 16.0. The zero-order valence-electron chi connectivity index (χ0n) is 13.6. The summed E-state index contributed by atoms with van der Waals surface area (Å²) in [5, 5.41) is 0.0139. The van der Waals surface area contributed by atoms with E-state index in [9.17, 15) is 16.8 Å². The third-order valence-electron chi connectivity index (χ3n) is 4.58. The lowest BCUT2D eigenvalue weighted by molar-refractivity contribution is 0.256. The predicted molar refractivity (Wildman–Crippen MR) is 92.5 cm³/mol. The summed E-state index contributed by atoms with van der Waals surface area (Å²) in [4.78, 5) is 2.08. The van der Waals surface area contributed by atoms with Crippen LogP contribution in [-0.2, 0) is 19.9 Å². The van der Waals surface area contributed by atoms with Gasteiger partial charge in [0.15, 0.2) is 9.84 Å². The van der Waals surface area contributed by atoms with Gasteiger partial charge in [0.05, 0.1) is 9.92 Å². The zero-order chi connectivity index (χ0) is 17.7. The van der Waals surface area contributed by atoms with Gasteiger partial charge in [-0.3, -0.25) is 4.90 Å². The second-order valence-corrected chi connectivity index (χ2v) is 10.8. The highest BCUT2D eigenvalue weighted by atomic mass is 35.5. The van der Waals surface area contributed by atoms with Gasteiger partial charge in [-0.25, -0.2) is 21.6 Å². The number of sulfonamides is 1. The van der Waals surface area contributed by atoms with Crippen molar-refractivity contribution in [3.05, 3.63) is 23.2 Å². The number of rotatable bonds is 5. The first-order valence-electron chi connectivity index (χ1n) is 7.85. The molecule has 0 radical (unpaired) electrons. The Morgan fingerprint density at radius 1 is 1.21 bits per heavy atom. The molecule has 1 saturated heterocycles. The van der Waals surface area contributed by atoms with Gasteiger partial charge in [0.2, 0.25) is 10.0 Å². The summed E-state index contributed by atoms with van der Waals surface area (Å²) < 4.78 is 51.4. The Bertz CT molecular complexity index is 850. The first kappa shape index (κ1) is 18.1. The summed E-state index contributed by atoms with van der Waals surface area (Å²) in [7, 11) is -7.39. The van der Waals surface area contributed by atoms with Gasteiger partial charge in [0.25, 0.3) is 0 Å². The van der Waals surface area contributed by atoms with Crippen LogP contribution in [0, 0.1) is 0 Å². The third kappa shape index (κ3) is 3.77. The van der Waals surface area contributed by atoms with E-state index in [0.29, 0.717) is 18.6 Å². The largest absolute Gasteiger partial charge is 0.296 e. The lowest BCUT2D eigenvalue weighted by Gasteiger charge is -2.19. The molecule has 2 fully saturated rings. The minimum absolute atomic E-state index is 0.0139. The minimum Gasteiger partial charge on any atom is -0.296 e.